The third-order valence-electron chi connectivity index (χ3n) is 3.69. The van der Waals surface area contributed by atoms with E-state index in [4.69, 9.17) is 4.74 Å². The zero-order valence-corrected chi connectivity index (χ0v) is 15.6. The number of aromatic nitrogens is 1. The first-order chi connectivity index (χ1) is 11.4. The van der Waals surface area contributed by atoms with E-state index in [0.717, 1.165) is 19.2 Å². The Morgan fingerprint density at radius 3 is 2.75 bits per heavy atom. The van der Waals surface area contributed by atoms with E-state index in [-0.39, 0.29) is 24.3 Å². The van der Waals surface area contributed by atoms with Gasteiger partial charge in [-0.3, -0.25) is 0 Å². The van der Waals surface area contributed by atoms with Gasteiger partial charge in [-0.2, -0.15) is 0 Å². The van der Waals surface area contributed by atoms with Crippen LogP contribution in [0.3, 0.4) is 0 Å². The monoisotopic (exact) mass is 353 g/mol. The van der Waals surface area contributed by atoms with Crippen LogP contribution in [-0.4, -0.2) is 53.7 Å². The van der Waals surface area contributed by atoms with Crippen molar-refractivity contribution in [2.24, 2.45) is 5.92 Å². The zero-order chi connectivity index (χ0) is 18.1. The van der Waals surface area contributed by atoms with Crippen LogP contribution in [0.5, 0.6) is 0 Å². The quantitative estimate of drug-likeness (QED) is 0.374. The van der Waals surface area contributed by atoms with Gasteiger partial charge in [-0.1, -0.05) is 20.8 Å². The maximum Gasteiger partial charge on any atom is 0.357 e. The SMILES string of the molecule is CCCN([B]C=O)[C@@H](C[C@@H](O)c1nc(C(=O)OCC)cs1)C(C)C. The summed E-state index contributed by atoms with van der Waals surface area (Å²) in [5.74, 6) is -0.221. The maximum atomic E-state index is 11.7. The van der Waals surface area contributed by atoms with Gasteiger partial charge in [-0.05, 0) is 32.2 Å². The molecule has 6 nitrogen and oxygen atoms in total. The summed E-state index contributed by atoms with van der Waals surface area (Å²) in [7, 11) is 1.53. The predicted molar refractivity (Wildman–Crippen MR) is 95.8 cm³/mol. The number of ether oxygens (including phenoxy) is 1. The molecule has 2 atom stereocenters. The van der Waals surface area contributed by atoms with Crippen LogP contribution in [0.25, 0.3) is 0 Å². The van der Waals surface area contributed by atoms with Gasteiger partial charge in [0.05, 0.1) is 12.8 Å². The smallest absolute Gasteiger partial charge is 0.357 e. The Morgan fingerprint density at radius 2 is 2.21 bits per heavy atom. The summed E-state index contributed by atoms with van der Waals surface area (Å²) in [6.45, 7) is 8.94. The van der Waals surface area contributed by atoms with Crippen LogP contribution in [0.1, 0.15) is 62.1 Å². The van der Waals surface area contributed by atoms with E-state index in [1.54, 1.807) is 12.3 Å². The first-order valence-electron chi connectivity index (χ1n) is 8.29. The summed E-state index contributed by atoms with van der Waals surface area (Å²) in [5, 5.41) is 12.6. The van der Waals surface area contributed by atoms with Crippen LogP contribution in [0.15, 0.2) is 5.38 Å². The topological polar surface area (TPSA) is 79.7 Å². The van der Waals surface area contributed by atoms with Crippen molar-refractivity contribution in [3.8, 4) is 0 Å². The number of hydrogen-bond donors (Lipinski definition) is 1. The molecule has 0 aliphatic carbocycles. The van der Waals surface area contributed by atoms with Crippen molar-refractivity contribution < 1.29 is 19.4 Å². The summed E-state index contributed by atoms with van der Waals surface area (Å²) in [6.07, 6.45) is 1.34. The standard InChI is InChI=1S/C16H26BN2O4S/c1-5-7-19(17-10-20)13(11(3)4)8-14(21)15-18-12(9-24-15)16(22)23-6-2/h9-11,13-14,21H,5-8H2,1-4H3/t13-,14+/m0/s1. The average Bonchev–Trinajstić information content (AvgIpc) is 3.02. The Labute approximate surface area is 148 Å². The second-order valence-corrected chi connectivity index (χ2v) is 6.77. The molecule has 0 saturated heterocycles. The number of carbonyl (C=O) groups is 2. The van der Waals surface area contributed by atoms with E-state index in [1.165, 1.54) is 18.8 Å². The lowest BCUT2D eigenvalue weighted by Gasteiger charge is -2.34. The third kappa shape index (κ3) is 6.00. The minimum atomic E-state index is -0.787. The highest BCUT2D eigenvalue weighted by molar-refractivity contribution is 7.09. The van der Waals surface area contributed by atoms with Gasteiger partial charge in [0.1, 0.15) is 11.1 Å². The summed E-state index contributed by atoms with van der Waals surface area (Å²) < 4.78 is 4.91. The number of aliphatic hydroxyl groups is 1. The Morgan fingerprint density at radius 1 is 1.50 bits per heavy atom. The van der Waals surface area contributed by atoms with E-state index in [2.05, 4.69) is 18.8 Å². The second kappa shape index (κ2) is 10.6. The first-order valence-corrected chi connectivity index (χ1v) is 9.17. The van der Waals surface area contributed by atoms with Crippen LogP contribution < -0.4 is 0 Å². The van der Waals surface area contributed by atoms with Crippen molar-refractivity contribution in [1.82, 2.24) is 9.79 Å². The highest BCUT2D eigenvalue weighted by Gasteiger charge is 2.27. The van der Waals surface area contributed by atoms with E-state index >= 15 is 0 Å². The molecule has 0 spiro atoms. The molecule has 1 N–H and O–H groups in total. The fourth-order valence-electron chi connectivity index (χ4n) is 2.55. The molecule has 0 bridgehead atoms. The molecule has 1 rings (SSSR count). The van der Waals surface area contributed by atoms with Crippen molar-refractivity contribution in [3.05, 3.63) is 16.1 Å². The van der Waals surface area contributed by atoms with E-state index in [1.807, 2.05) is 11.7 Å². The van der Waals surface area contributed by atoms with Gasteiger partial charge in [0.25, 0.3) is 7.41 Å². The van der Waals surface area contributed by atoms with E-state index < -0.39 is 12.1 Å². The molecule has 1 aromatic heterocycles. The average molecular weight is 353 g/mol. The normalized spacial score (nSPS) is 13.8. The molecule has 0 fully saturated rings. The van der Waals surface area contributed by atoms with Gasteiger partial charge < -0.3 is 19.4 Å². The van der Waals surface area contributed by atoms with Gasteiger partial charge in [-0.15, -0.1) is 11.3 Å². The fraction of sp³-hybridized carbons (Fsp3) is 0.688. The molecule has 1 aromatic rings. The summed E-state index contributed by atoms with van der Waals surface area (Å²) in [4.78, 5) is 28.7. The van der Waals surface area contributed by atoms with Crippen LogP contribution in [-0.2, 0) is 9.53 Å². The minimum absolute atomic E-state index is 0.0140. The number of hydrogen-bond acceptors (Lipinski definition) is 7. The fourth-order valence-corrected chi connectivity index (χ4v) is 3.33. The van der Waals surface area contributed by atoms with Crippen LogP contribution >= 0.6 is 11.3 Å². The van der Waals surface area contributed by atoms with Gasteiger partial charge in [0.15, 0.2) is 5.69 Å². The highest BCUT2D eigenvalue weighted by atomic mass is 32.1. The van der Waals surface area contributed by atoms with Crippen molar-refractivity contribution in [2.45, 2.75) is 52.7 Å². The largest absolute Gasteiger partial charge is 0.461 e. The number of thiazole rings is 1. The molecule has 0 saturated carbocycles. The zero-order valence-electron chi connectivity index (χ0n) is 14.8. The van der Waals surface area contributed by atoms with Crippen LogP contribution in [0.4, 0.5) is 0 Å². The van der Waals surface area contributed by atoms with Crippen LogP contribution in [0.2, 0.25) is 0 Å². The first kappa shape index (κ1) is 20.8. The summed E-state index contributed by atoms with van der Waals surface area (Å²) in [5.41, 5.74) is 0.224. The lowest BCUT2D eigenvalue weighted by Crippen LogP contribution is -2.43. The summed E-state index contributed by atoms with van der Waals surface area (Å²) >= 11 is 1.24. The van der Waals surface area contributed by atoms with Gasteiger partial charge in [0, 0.05) is 11.4 Å². The number of rotatable bonds is 11. The van der Waals surface area contributed by atoms with Gasteiger partial charge in [0.2, 0.25) is 0 Å². The molecule has 1 heterocycles. The van der Waals surface area contributed by atoms with Crippen molar-refractivity contribution in [3.63, 3.8) is 0 Å². The molecule has 133 valence electrons. The lowest BCUT2D eigenvalue weighted by molar-refractivity contribution is 0.0519. The molecule has 1 radical (unpaired) electrons. The van der Waals surface area contributed by atoms with Gasteiger partial charge in [-0.25, -0.2) is 9.78 Å². The van der Waals surface area contributed by atoms with E-state index in [0.29, 0.717) is 11.4 Å². The Hall–Kier alpha value is -1.25. The van der Waals surface area contributed by atoms with Crippen molar-refractivity contribution in [1.29, 1.82) is 0 Å². The minimum Gasteiger partial charge on any atom is -0.461 e. The number of nitrogens with zero attached hydrogens (tertiary/aromatic N) is 2. The molecule has 0 unspecified atom stereocenters. The highest BCUT2D eigenvalue weighted by Crippen LogP contribution is 2.27. The van der Waals surface area contributed by atoms with E-state index in [9.17, 15) is 14.7 Å². The predicted octanol–water partition coefficient (Wildman–Crippen LogP) is 2.29. The van der Waals surface area contributed by atoms with Gasteiger partial charge >= 0.3 is 5.97 Å². The van der Waals surface area contributed by atoms with Crippen molar-refractivity contribution in [2.75, 3.05) is 13.2 Å². The Kier molecular flexibility index (Phi) is 9.17. The van der Waals surface area contributed by atoms with Crippen LogP contribution in [0, 0.1) is 5.92 Å². The Balaban J connectivity index is 2.82. The lowest BCUT2D eigenvalue weighted by atomic mass is 9.85. The number of carbonyl (C=O) groups excluding carboxylic acids is 2. The number of esters is 1. The second-order valence-electron chi connectivity index (χ2n) is 5.88. The molecular weight excluding hydrogens is 327 g/mol. The molecule has 0 aliphatic heterocycles. The molecular formula is C16H26BN2O4S. The molecule has 0 aromatic carbocycles. The molecule has 8 heteroatoms. The molecule has 24 heavy (non-hydrogen) atoms. The maximum absolute atomic E-state index is 11.7. The Bertz CT molecular complexity index is 524. The van der Waals surface area contributed by atoms with Crippen molar-refractivity contribution >= 4 is 30.9 Å². The molecule has 0 aliphatic rings. The number of aliphatic hydroxyl groups excluding tert-OH is 1. The molecule has 0 amide bonds. The summed E-state index contributed by atoms with van der Waals surface area (Å²) in [6, 6.07) is 0.0140. The third-order valence-corrected chi connectivity index (χ3v) is 4.63.